The van der Waals surface area contributed by atoms with Crippen LogP contribution < -0.4 is 0 Å². The number of benzene rings is 1. The van der Waals surface area contributed by atoms with E-state index in [4.69, 9.17) is 4.89 Å². The number of rotatable bonds is 3. The van der Waals surface area contributed by atoms with Crippen LogP contribution in [0.4, 0.5) is 13.2 Å². The lowest BCUT2D eigenvalue weighted by Crippen LogP contribution is -2.22. The first-order valence-corrected chi connectivity index (χ1v) is 6.74. The van der Waals surface area contributed by atoms with Crippen LogP contribution in [0.25, 0.3) is 0 Å². The van der Waals surface area contributed by atoms with Crippen molar-refractivity contribution in [2.24, 2.45) is 0 Å². The van der Waals surface area contributed by atoms with E-state index in [0.29, 0.717) is 5.56 Å². The van der Waals surface area contributed by atoms with E-state index < -0.39 is 19.9 Å². The zero-order valence-corrected chi connectivity index (χ0v) is 10.1. The number of halogens is 3. The molecular formula is C10H12F3O3P. The molecule has 0 saturated heterocycles. The Morgan fingerprint density at radius 3 is 2.41 bits per heavy atom. The topological polar surface area (TPSA) is 46.5 Å². The molecule has 1 unspecified atom stereocenters. The van der Waals surface area contributed by atoms with Gasteiger partial charge in [0.1, 0.15) is 0 Å². The molecule has 2 atom stereocenters. The van der Waals surface area contributed by atoms with Crippen LogP contribution in [0.2, 0.25) is 0 Å². The van der Waals surface area contributed by atoms with E-state index in [1.807, 2.05) is 0 Å². The van der Waals surface area contributed by atoms with Crippen LogP contribution in [0.1, 0.15) is 17.2 Å². The molecule has 1 aromatic carbocycles. The van der Waals surface area contributed by atoms with E-state index in [1.165, 1.54) is 18.2 Å². The van der Waals surface area contributed by atoms with Crippen molar-refractivity contribution in [1.29, 1.82) is 0 Å². The molecule has 0 radical (unpaired) electrons. The maximum Gasteiger partial charge on any atom is 0.419 e. The van der Waals surface area contributed by atoms with Gasteiger partial charge in [-0.3, -0.25) is 9.09 Å². The fourth-order valence-electron chi connectivity index (χ4n) is 1.34. The lowest BCUT2D eigenvalue weighted by atomic mass is 10.1. The zero-order chi connectivity index (χ0) is 13.3. The molecule has 0 saturated carbocycles. The second kappa shape index (κ2) is 4.80. The lowest BCUT2D eigenvalue weighted by Gasteiger charge is -2.22. The van der Waals surface area contributed by atoms with Gasteiger partial charge in [-0.25, -0.2) is 0 Å². The highest BCUT2D eigenvalue weighted by molar-refractivity contribution is 7.51. The van der Waals surface area contributed by atoms with Gasteiger partial charge in [0.25, 0.3) is 0 Å². The average molecular weight is 268 g/mol. The van der Waals surface area contributed by atoms with E-state index in [2.05, 4.69) is 4.52 Å². The quantitative estimate of drug-likeness (QED) is 0.854. The first-order valence-electron chi connectivity index (χ1n) is 4.71. The molecule has 0 aromatic heterocycles. The predicted octanol–water partition coefficient (Wildman–Crippen LogP) is 3.43. The summed E-state index contributed by atoms with van der Waals surface area (Å²) < 4.78 is 53.3. The van der Waals surface area contributed by atoms with Crippen LogP contribution >= 0.6 is 7.60 Å². The lowest BCUT2D eigenvalue weighted by molar-refractivity contribution is -0.199. The van der Waals surface area contributed by atoms with Crippen molar-refractivity contribution >= 4 is 7.60 Å². The molecule has 0 amide bonds. The molecule has 96 valence electrons. The van der Waals surface area contributed by atoms with Crippen molar-refractivity contribution in [2.75, 3.05) is 6.66 Å². The monoisotopic (exact) mass is 268 g/mol. The average Bonchev–Trinajstić information content (AvgIpc) is 2.11. The van der Waals surface area contributed by atoms with Crippen molar-refractivity contribution < 1.29 is 27.2 Å². The molecule has 0 heterocycles. The number of aryl methyl sites for hydroxylation is 1. The predicted molar refractivity (Wildman–Crippen MR) is 56.8 cm³/mol. The molecule has 0 aliphatic heterocycles. The van der Waals surface area contributed by atoms with Gasteiger partial charge in [0.05, 0.1) is 0 Å². The first kappa shape index (κ1) is 14.2. The van der Waals surface area contributed by atoms with E-state index in [-0.39, 0.29) is 5.56 Å². The Morgan fingerprint density at radius 2 is 2.00 bits per heavy atom. The highest BCUT2D eigenvalue weighted by atomic mass is 31.2. The molecule has 1 N–H and O–H groups in total. The molecule has 1 rings (SSSR count). The van der Waals surface area contributed by atoms with Crippen LogP contribution in [0.5, 0.6) is 0 Å². The summed E-state index contributed by atoms with van der Waals surface area (Å²) in [6.45, 7) is 2.35. The van der Waals surface area contributed by atoms with Gasteiger partial charge in [0.2, 0.25) is 0 Å². The van der Waals surface area contributed by atoms with Crippen LogP contribution in [-0.4, -0.2) is 17.7 Å². The molecule has 0 fully saturated rings. The Hall–Kier alpha value is -0.840. The summed E-state index contributed by atoms with van der Waals surface area (Å²) in [5.74, 6) is 0. The minimum atomic E-state index is -4.73. The van der Waals surface area contributed by atoms with Gasteiger partial charge in [-0.05, 0) is 12.5 Å². The summed E-state index contributed by atoms with van der Waals surface area (Å²) in [5.41, 5.74) is 0.429. The molecule has 17 heavy (non-hydrogen) atoms. The smallest absolute Gasteiger partial charge is 0.324 e. The van der Waals surface area contributed by atoms with Crippen LogP contribution in [0, 0.1) is 6.92 Å². The van der Waals surface area contributed by atoms with E-state index in [9.17, 15) is 17.7 Å². The summed E-state index contributed by atoms with van der Waals surface area (Å²) in [6, 6.07) is 5.54. The Bertz CT molecular complexity index is 439. The third-order valence-electron chi connectivity index (χ3n) is 1.94. The highest BCUT2D eigenvalue weighted by Gasteiger charge is 2.44. The van der Waals surface area contributed by atoms with Crippen LogP contribution in [0.3, 0.4) is 0 Å². The third-order valence-corrected chi connectivity index (χ3v) is 2.55. The molecule has 1 aromatic rings. The normalized spacial score (nSPS) is 17.5. The van der Waals surface area contributed by atoms with Gasteiger partial charge >= 0.3 is 13.8 Å². The van der Waals surface area contributed by atoms with Crippen LogP contribution in [0.15, 0.2) is 24.3 Å². The van der Waals surface area contributed by atoms with Gasteiger partial charge in [-0.2, -0.15) is 13.2 Å². The third kappa shape index (κ3) is 4.50. The molecule has 0 spiro atoms. The van der Waals surface area contributed by atoms with Crippen molar-refractivity contribution in [3.63, 3.8) is 0 Å². The van der Waals surface area contributed by atoms with E-state index in [0.717, 1.165) is 6.66 Å². The SMILES string of the molecule is Cc1cccc([C@H](OP(C)(=O)O)C(F)(F)F)c1. The van der Waals surface area contributed by atoms with Gasteiger partial charge in [0.15, 0.2) is 6.10 Å². The summed E-state index contributed by atoms with van der Waals surface area (Å²) in [6.07, 6.45) is -7.12. The molecule has 7 heteroatoms. The maximum atomic E-state index is 12.7. The zero-order valence-electron chi connectivity index (χ0n) is 9.23. The molecule has 0 aliphatic carbocycles. The summed E-state index contributed by atoms with van der Waals surface area (Å²) in [4.78, 5) is 8.92. The molecule has 0 bridgehead atoms. The van der Waals surface area contributed by atoms with Crippen molar-refractivity contribution in [3.05, 3.63) is 35.4 Å². The van der Waals surface area contributed by atoms with Crippen LogP contribution in [-0.2, 0) is 9.09 Å². The molecule has 0 aliphatic rings. The Morgan fingerprint density at radius 1 is 1.41 bits per heavy atom. The second-order valence-electron chi connectivity index (χ2n) is 3.74. The Kier molecular flexibility index (Phi) is 4.02. The number of hydrogen-bond donors (Lipinski definition) is 1. The van der Waals surface area contributed by atoms with Gasteiger partial charge in [0, 0.05) is 6.66 Å². The summed E-state index contributed by atoms with van der Waals surface area (Å²) >= 11 is 0. The Labute approximate surface area is 96.8 Å². The summed E-state index contributed by atoms with van der Waals surface area (Å²) in [5, 5.41) is 0. The highest BCUT2D eigenvalue weighted by Crippen LogP contribution is 2.48. The number of hydrogen-bond acceptors (Lipinski definition) is 2. The first-order chi connectivity index (χ1) is 7.59. The Balaban J connectivity index is 3.12. The van der Waals surface area contributed by atoms with Gasteiger partial charge < -0.3 is 4.89 Å². The maximum absolute atomic E-state index is 12.7. The van der Waals surface area contributed by atoms with Gasteiger partial charge in [-0.1, -0.05) is 29.8 Å². The standard InChI is InChI=1S/C10H12F3O3P/c1-7-4-3-5-8(6-7)9(10(11,12)13)16-17(2,14)15/h3-6,9H,1-2H3,(H,14,15)/t9-/m0/s1. The van der Waals surface area contributed by atoms with Crippen molar-refractivity contribution in [1.82, 2.24) is 0 Å². The van der Waals surface area contributed by atoms with Gasteiger partial charge in [-0.15, -0.1) is 0 Å². The van der Waals surface area contributed by atoms with Crippen molar-refractivity contribution in [3.8, 4) is 0 Å². The minimum Gasteiger partial charge on any atom is -0.324 e. The largest absolute Gasteiger partial charge is 0.419 e. The fraction of sp³-hybridized carbons (Fsp3) is 0.400. The minimum absolute atomic E-state index is 0.186. The molecule has 3 nitrogen and oxygen atoms in total. The number of alkyl halides is 3. The van der Waals surface area contributed by atoms with Crippen molar-refractivity contribution in [2.45, 2.75) is 19.2 Å². The molecular weight excluding hydrogens is 256 g/mol. The van der Waals surface area contributed by atoms with E-state index >= 15 is 0 Å². The second-order valence-corrected chi connectivity index (χ2v) is 5.56. The summed E-state index contributed by atoms with van der Waals surface area (Å²) in [7, 11) is -4.22. The van der Waals surface area contributed by atoms with E-state index in [1.54, 1.807) is 13.0 Å². The fourth-order valence-corrected chi connectivity index (χ4v) is 1.97.